The van der Waals surface area contributed by atoms with Crippen molar-refractivity contribution in [2.24, 2.45) is 0 Å². The molecule has 8 heteroatoms. The fraction of sp³-hybridized carbons (Fsp3) is 0.286. The maximum Gasteiger partial charge on any atom is 0.419 e. The molecule has 1 aromatic rings. The Morgan fingerprint density at radius 3 is 2.20 bits per heavy atom. The van der Waals surface area contributed by atoms with Gasteiger partial charge in [-0.1, -0.05) is 11.6 Å². The standard InChI is InChI=1S/C7H2BrClF5N/c8-5-4(7(12,13)14)3(6(10)11)2(9)1-15-5/h1,6H. The zero-order valence-corrected chi connectivity index (χ0v) is 9.09. The molecule has 0 aliphatic heterocycles. The molecule has 0 aliphatic carbocycles. The Morgan fingerprint density at radius 2 is 1.87 bits per heavy atom. The van der Waals surface area contributed by atoms with Crippen LogP contribution in [0.25, 0.3) is 0 Å². The minimum Gasteiger partial charge on any atom is -0.247 e. The Kier molecular flexibility index (Phi) is 3.55. The van der Waals surface area contributed by atoms with Gasteiger partial charge in [0, 0.05) is 6.20 Å². The molecule has 1 aromatic heterocycles. The third kappa shape index (κ3) is 2.57. The van der Waals surface area contributed by atoms with Crippen molar-refractivity contribution in [1.29, 1.82) is 0 Å². The van der Waals surface area contributed by atoms with Crippen LogP contribution in [0.1, 0.15) is 17.6 Å². The van der Waals surface area contributed by atoms with Crippen LogP contribution in [0.5, 0.6) is 0 Å². The lowest BCUT2D eigenvalue weighted by atomic mass is 10.1. The van der Waals surface area contributed by atoms with Gasteiger partial charge in [0.2, 0.25) is 0 Å². The van der Waals surface area contributed by atoms with Gasteiger partial charge in [0.05, 0.1) is 16.1 Å². The maximum absolute atomic E-state index is 12.4. The normalized spacial score (nSPS) is 12.3. The molecule has 0 N–H and O–H groups in total. The first-order chi connectivity index (χ1) is 6.75. The van der Waals surface area contributed by atoms with Gasteiger partial charge < -0.3 is 0 Å². The molecule has 0 radical (unpaired) electrons. The molecule has 0 aromatic carbocycles. The van der Waals surface area contributed by atoms with E-state index in [9.17, 15) is 22.0 Å². The SMILES string of the molecule is FC(F)c1c(Cl)cnc(Br)c1C(F)(F)F. The summed E-state index contributed by atoms with van der Waals surface area (Å²) >= 11 is 7.70. The number of aromatic nitrogens is 1. The second kappa shape index (κ2) is 4.21. The molecule has 0 aliphatic rings. The van der Waals surface area contributed by atoms with Crippen molar-refractivity contribution in [3.05, 3.63) is 26.9 Å². The Labute approximate surface area is 94.4 Å². The molecule has 0 amide bonds. The van der Waals surface area contributed by atoms with Gasteiger partial charge in [-0.2, -0.15) is 13.2 Å². The first-order valence-electron chi connectivity index (χ1n) is 3.44. The molecular formula is C7H2BrClF5N. The summed E-state index contributed by atoms with van der Waals surface area (Å²) in [4.78, 5) is 3.22. The van der Waals surface area contributed by atoms with Crippen molar-refractivity contribution in [3.63, 3.8) is 0 Å². The van der Waals surface area contributed by atoms with Crippen molar-refractivity contribution >= 4 is 27.5 Å². The Balaban J connectivity index is 3.53. The maximum atomic E-state index is 12.4. The minimum atomic E-state index is -4.93. The third-order valence-corrected chi connectivity index (χ3v) is 2.43. The first kappa shape index (κ1) is 12.6. The lowest BCUT2D eigenvalue weighted by Crippen LogP contribution is -2.12. The molecule has 0 saturated carbocycles. The fourth-order valence-corrected chi connectivity index (χ4v) is 1.73. The molecule has 1 rings (SSSR count). The summed E-state index contributed by atoms with van der Waals surface area (Å²) in [5.74, 6) is 0. The van der Waals surface area contributed by atoms with Crippen molar-refractivity contribution in [1.82, 2.24) is 4.98 Å². The fourth-order valence-electron chi connectivity index (χ4n) is 0.961. The average Bonchev–Trinajstić information content (AvgIpc) is 2.05. The molecule has 0 spiro atoms. The van der Waals surface area contributed by atoms with Crippen LogP contribution in [0.2, 0.25) is 5.02 Å². The summed E-state index contributed by atoms with van der Waals surface area (Å²) in [7, 11) is 0. The molecule has 84 valence electrons. The first-order valence-corrected chi connectivity index (χ1v) is 4.61. The van der Waals surface area contributed by atoms with E-state index in [1.165, 1.54) is 0 Å². The molecule has 1 heterocycles. The van der Waals surface area contributed by atoms with Crippen LogP contribution >= 0.6 is 27.5 Å². The molecule has 0 unspecified atom stereocenters. The van der Waals surface area contributed by atoms with Crippen molar-refractivity contribution in [2.45, 2.75) is 12.6 Å². The van der Waals surface area contributed by atoms with Gasteiger partial charge in [-0.15, -0.1) is 0 Å². The highest BCUT2D eigenvalue weighted by Crippen LogP contribution is 2.42. The van der Waals surface area contributed by atoms with Crippen LogP contribution in [0.15, 0.2) is 10.8 Å². The highest BCUT2D eigenvalue weighted by atomic mass is 79.9. The van der Waals surface area contributed by atoms with E-state index in [4.69, 9.17) is 11.6 Å². The molecule has 0 atom stereocenters. The molecule has 0 saturated heterocycles. The molecular weight excluding hydrogens is 308 g/mol. The number of pyridine rings is 1. The summed E-state index contributed by atoms with van der Waals surface area (Å²) in [5.41, 5.74) is -2.80. The summed E-state index contributed by atoms with van der Waals surface area (Å²) in [6.07, 6.45) is -7.50. The number of alkyl halides is 5. The van der Waals surface area contributed by atoms with Gasteiger partial charge in [0.1, 0.15) is 4.60 Å². The van der Waals surface area contributed by atoms with Gasteiger partial charge in [0.15, 0.2) is 0 Å². The number of hydrogen-bond acceptors (Lipinski definition) is 1. The second-order valence-electron chi connectivity index (χ2n) is 2.48. The van der Waals surface area contributed by atoms with E-state index in [1.807, 2.05) is 0 Å². The van der Waals surface area contributed by atoms with E-state index < -0.39 is 33.4 Å². The van der Waals surface area contributed by atoms with Crippen LogP contribution in [-0.2, 0) is 6.18 Å². The number of hydrogen-bond donors (Lipinski definition) is 0. The van der Waals surface area contributed by atoms with Crippen molar-refractivity contribution in [3.8, 4) is 0 Å². The lowest BCUT2D eigenvalue weighted by Gasteiger charge is -2.14. The van der Waals surface area contributed by atoms with Crippen LogP contribution in [0.4, 0.5) is 22.0 Å². The highest BCUT2D eigenvalue weighted by Gasteiger charge is 2.40. The van der Waals surface area contributed by atoms with Gasteiger partial charge >= 0.3 is 6.18 Å². The van der Waals surface area contributed by atoms with Crippen LogP contribution in [0.3, 0.4) is 0 Å². The molecule has 0 fully saturated rings. The van der Waals surface area contributed by atoms with Crippen LogP contribution < -0.4 is 0 Å². The van der Waals surface area contributed by atoms with Gasteiger partial charge in [0.25, 0.3) is 6.43 Å². The topological polar surface area (TPSA) is 12.9 Å². The van der Waals surface area contributed by atoms with Gasteiger partial charge in [-0.25, -0.2) is 13.8 Å². The smallest absolute Gasteiger partial charge is 0.247 e. The molecule has 1 nitrogen and oxygen atoms in total. The third-order valence-electron chi connectivity index (χ3n) is 1.53. The molecule has 15 heavy (non-hydrogen) atoms. The predicted octanol–water partition coefficient (Wildman–Crippen LogP) is 4.45. The second-order valence-corrected chi connectivity index (χ2v) is 3.64. The van der Waals surface area contributed by atoms with Gasteiger partial charge in [-0.3, -0.25) is 0 Å². The zero-order chi connectivity index (χ0) is 11.8. The Bertz CT molecular complexity index is 378. The lowest BCUT2D eigenvalue weighted by molar-refractivity contribution is -0.140. The Hall–Kier alpha value is -0.430. The van der Waals surface area contributed by atoms with E-state index in [1.54, 1.807) is 0 Å². The van der Waals surface area contributed by atoms with E-state index >= 15 is 0 Å². The van der Waals surface area contributed by atoms with E-state index in [-0.39, 0.29) is 0 Å². The predicted molar refractivity (Wildman–Crippen MR) is 46.9 cm³/mol. The van der Waals surface area contributed by atoms with Crippen molar-refractivity contribution < 1.29 is 22.0 Å². The number of nitrogens with zero attached hydrogens (tertiary/aromatic N) is 1. The van der Waals surface area contributed by atoms with E-state index in [2.05, 4.69) is 20.9 Å². The van der Waals surface area contributed by atoms with Gasteiger partial charge in [-0.05, 0) is 15.9 Å². The largest absolute Gasteiger partial charge is 0.419 e. The summed E-state index contributed by atoms with van der Waals surface area (Å²) in [6, 6.07) is 0. The number of rotatable bonds is 1. The highest BCUT2D eigenvalue weighted by molar-refractivity contribution is 9.10. The summed E-state index contributed by atoms with van der Waals surface area (Å²) in [6.45, 7) is 0. The van der Waals surface area contributed by atoms with Crippen LogP contribution in [0, 0.1) is 0 Å². The number of halogens is 7. The minimum absolute atomic E-state index is 0.699. The van der Waals surface area contributed by atoms with Crippen molar-refractivity contribution in [2.75, 3.05) is 0 Å². The summed E-state index contributed by atoms with van der Waals surface area (Å²) < 4.78 is 61.2. The monoisotopic (exact) mass is 309 g/mol. The Morgan fingerprint density at radius 1 is 1.33 bits per heavy atom. The summed E-state index contributed by atoms with van der Waals surface area (Å²) in [5, 5.41) is -0.708. The van der Waals surface area contributed by atoms with Crippen LogP contribution in [-0.4, -0.2) is 4.98 Å². The van der Waals surface area contributed by atoms with E-state index in [0.29, 0.717) is 0 Å². The van der Waals surface area contributed by atoms with E-state index in [0.717, 1.165) is 6.20 Å². The quantitative estimate of drug-likeness (QED) is 0.551. The zero-order valence-electron chi connectivity index (χ0n) is 6.75. The average molecular weight is 310 g/mol. The molecule has 0 bridgehead atoms.